The summed E-state index contributed by atoms with van der Waals surface area (Å²) >= 11 is 0. The Morgan fingerprint density at radius 1 is 0.632 bits per heavy atom. The van der Waals surface area contributed by atoms with Crippen LogP contribution < -0.4 is 0 Å². The van der Waals surface area contributed by atoms with Crippen molar-refractivity contribution in [1.82, 2.24) is 0 Å². The van der Waals surface area contributed by atoms with Crippen molar-refractivity contribution in [2.75, 3.05) is 0 Å². The largest absolute Gasteiger partial charge is 0.391 e. The third-order valence-corrected chi connectivity index (χ3v) is 5.27. The van der Waals surface area contributed by atoms with Gasteiger partial charge in [0.15, 0.2) is 0 Å². The SMILES string of the molecule is CC(=O)C(C)C.CC(=O)CC(C)C.CC(C)C(C)C(F)(F)F.CC(C)CC(C)C(F)(F)F.CCCC(C)C. The zero-order valence-corrected chi connectivity index (χ0v) is 27.0. The van der Waals surface area contributed by atoms with Gasteiger partial charge in [-0.3, -0.25) is 4.79 Å². The molecule has 0 fully saturated rings. The summed E-state index contributed by atoms with van der Waals surface area (Å²) in [6, 6.07) is 0. The van der Waals surface area contributed by atoms with Crippen LogP contribution in [0.1, 0.15) is 130 Å². The Balaban J connectivity index is -0.000000121. The van der Waals surface area contributed by atoms with Crippen molar-refractivity contribution in [3.63, 3.8) is 0 Å². The lowest BCUT2D eigenvalue weighted by Gasteiger charge is -2.18. The van der Waals surface area contributed by atoms with E-state index in [1.165, 1.54) is 26.7 Å². The standard InChI is InChI=1S/C7H13F3.C6H11F3.C6H12O.C6H14.C5H10O/c1-5(2)4-6(3)7(8,9)10;1-4(2)5(3)6(7,8)9;1-5(2)4-6(3)7;1-4-5-6(2)3;1-4(2)5(3)6/h5-6H,4H2,1-3H3;4-5H,1-3H3;5H,4H2,1-3H3;6H,4-5H2,1-3H3;4H,1-3H3. The highest BCUT2D eigenvalue weighted by Crippen LogP contribution is 2.31. The van der Waals surface area contributed by atoms with E-state index in [9.17, 15) is 35.9 Å². The van der Waals surface area contributed by atoms with E-state index < -0.39 is 24.2 Å². The van der Waals surface area contributed by atoms with Gasteiger partial charge in [0, 0.05) is 12.3 Å². The van der Waals surface area contributed by atoms with Gasteiger partial charge in [-0.2, -0.15) is 26.3 Å². The molecule has 0 saturated heterocycles. The van der Waals surface area contributed by atoms with Crippen LogP contribution in [0.2, 0.25) is 0 Å². The predicted molar refractivity (Wildman–Crippen MR) is 150 cm³/mol. The van der Waals surface area contributed by atoms with Gasteiger partial charge in [-0.05, 0) is 43.9 Å². The van der Waals surface area contributed by atoms with Crippen LogP contribution in [-0.4, -0.2) is 23.9 Å². The summed E-state index contributed by atoms with van der Waals surface area (Å²) in [7, 11) is 0. The molecule has 0 rings (SSSR count). The fourth-order valence-corrected chi connectivity index (χ4v) is 2.37. The summed E-state index contributed by atoms with van der Waals surface area (Å²) in [5, 5.41) is 0. The van der Waals surface area contributed by atoms with Gasteiger partial charge in [-0.1, -0.05) is 103 Å². The fourth-order valence-electron chi connectivity index (χ4n) is 2.37. The van der Waals surface area contributed by atoms with Gasteiger partial charge in [0.2, 0.25) is 0 Å². The average Bonchev–Trinajstić information content (AvgIpc) is 2.66. The average molecular weight is 567 g/mol. The monoisotopic (exact) mass is 566 g/mol. The minimum atomic E-state index is -4.02. The number of hydrogen-bond donors (Lipinski definition) is 0. The number of alkyl halides is 6. The van der Waals surface area contributed by atoms with E-state index in [2.05, 4.69) is 20.8 Å². The first kappa shape index (κ1) is 46.8. The Labute approximate surface area is 231 Å². The zero-order valence-electron chi connectivity index (χ0n) is 27.0. The molecule has 2 nitrogen and oxygen atoms in total. The predicted octanol–water partition coefficient (Wildman–Crippen LogP) is 11.4. The lowest BCUT2D eigenvalue weighted by Crippen LogP contribution is -2.24. The molecule has 234 valence electrons. The minimum absolute atomic E-state index is 0.122. The van der Waals surface area contributed by atoms with E-state index in [0.29, 0.717) is 5.92 Å². The maximum Gasteiger partial charge on any atom is 0.391 e. The second-order valence-electron chi connectivity index (χ2n) is 11.9. The molecule has 8 heteroatoms. The van der Waals surface area contributed by atoms with Crippen molar-refractivity contribution in [2.24, 2.45) is 41.4 Å². The lowest BCUT2D eigenvalue weighted by atomic mass is 9.98. The molecule has 0 aliphatic carbocycles. The summed E-state index contributed by atoms with van der Waals surface area (Å²) in [4.78, 5) is 20.4. The van der Waals surface area contributed by atoms with Crippen molar-refractivity contribution >= 4 is 11.6 Å². The van der Waals surface area contributed by atoms with Crippen LogP contribution in [0.5, 0.6) is 0 Å². The van der Waals surface area contributed by atoms with Gasteiger partial charge < -0.3 is 4.79 Å². The first-order chi connectivity index (χ1) is 16.7. The second-order valence-corrected chi connectivity index (χ2v) is 11.9. The van der Waals surface area contributed by atoms with E-state index in [-0.39, 0.29) is 35.7 Å². The number of ketones is 2. The minimum Gasteiger partial charge on any atom is -0.300 e. The van der Waals surface area contributed by atoms with E-state index in [0.717, 1.165) is 12.3 Å². The Morgan fingerprint density at radius 3 is 1.03 bits per heavy atom. The van der Waals surface area contributed by atoms with Crippen molar-refractivity contribution in [3.05, 3.63) is 0 Å². The maximum atomic E-state index is 11.8. The van der Waals surface area contributed by atoms with E-state index in [1.807, 2.05) is 27.7 Å². The van der Waals surface area contributed by atoms with E-state index in [1.54, 1.807) is 41.5 Å². The molecule has 0 spiro atoms. The molecule has 0 aromatic carbocycles. The van der Waals surface area contributed by atoms with Gasteiger partial charge in [0.25, 0.3) is 0 Å². The molecule has 0 radical (unpaired) electrons. The smallest absolute Gasteiger partial charge is 0.300 e. The third-order valence-electron chi connectivity index (χ3n) is 5.27. The Kier molecular flexibility index (Phi) is 30.7. The molecule has 0 heterocycles. The zero-order chi connectivity index (χ0) is 32.0. The Hall–Kier alpha value is -1.08. The normalized spacial score (nSPS) is 12.9. The molecule has 0 aromatic heterocycles. The molecule has 0 aromatic rings. The number of carbonyl (C=O) groups is 2. The van der Waals surface area contributed by atoms with Crippen LogP contribution in [0.4, 0.5) is 26.3 Å². The molecule has 0 saturated carbocycles. The van der Waals surface area contributed by atoms with Crippen LogP contribution in [0.3, 0.4) is 0 Å². The van der Waals surface area contributed by atoms with Crippen molar-refractivity contribution < 1.29 is 35.9 Å². The highest BCUT2D eigenvalue weighted by Gasteiger charge is 2.37. The summed E-state index contributed by atoms with van der Waals surface area (Å²) in [5.74, 6) is -0.353. The number of Topliss-reactive ketones (excluding diaryl/α,β-unsaturated/α-hetero) is 2. The molecule has 2 unspecified atom stereocenters. The first-order valence-corrected chi connectivity index (χ1v) is 13.9. The molecule has 0 aliphatic rings. The molecule has 0 aliphatic heterocycles. The first-order valence-electron chi connectivity index (χ1n) is 13.9. The van der Waals surface area contributed by atoms with Gasteiger partial charge in [0.1, 0.15) is 11.6 Å². The van der Waals surface area contributed by atoms with Crippen molar-refractivity contribution in [1.29, 1.82) is 0 Å². The molecular formula is C30H60F6O2. The molecule has 0 N–H and O–H groups in total. The van der Waals surface area contributed by atoms with Crippen LogP contribution in [0.25, 0.3) is 0 Å². The summed E-state index contributed by atoms with van der Waals surface area (Å²) in [5.41, 5.74) is 0. The second kappa shape index (κ2) is 24.9. The fraction of sp³-hybridized carbons (Fsp3) is 0.933. The van der Waals surface area contributed by atoms with Crippen molar-refractivity contribution in [2.45, 2.75) is 142 Å². The Morgan fingerprint density at radius 2 is 1.00 bits per heavy atom. The number of rotatable bonds is 8. The third kappa shape index (κ3) is 44.9. The number of hydrogen-bond acceptors (Lipinski definition) is 2. The van der Waals surface area contributed by atoms with Crippen LogP contribution in [0, 0.1) is 41.4 Å². The summed E-state index contributed by atoms with van der Waals surface area (Å²) in [6.45, 7) is 27.0. The highest BCUT2D eigenvalue weighted by molar-refractivity contribution is 5.77. The lowest BCUT2D eigenvalue weighted by molar-refractivity contribution is -0.180. The van der Waals surface area contributed by atoms with Gasteiger partial charge in [0.05, 0.1) is 11.8 Å². The maximum absolute atomic E-state index is 11.8. The van der Waals surface area contributed by atoms with Crippen LogP contribution >= 0.6 is 0 Å². The van der Waals surface area contributed by atoms with Crippen LogP contribution in [0.15, 0.2) is 0 Å². The summed E-state index contributed by atoms with van der Waals surface area (Å²) < 4.78 is 70.5. The topological polar surface area (TPSA) is 34.1 Å². The quantitative estimate of drug-likeness (QED) is 0.274. The molecule has 2 atom stereocenters. The van der Waals surface area contributed by atoms with Gasteiger partial charge in [-0.25, -0.2) is 0 Å². The summed E-state index contributed by atoms with van der Waals surface area (Å²) in [6.07, 6.45) is -4.38. The van der Waals surface area contributed by atoms with E-state index >= 15 is 0 Å². The Bertz CT molecular complexity index is 548. The number of halogens is 6. The molecule has 0 bridgehead atoms. The van der Waals surface area contributed by atoms with Gasteiger partial charge in [-0.15, -0.1) is 0 Å². The number of carbonyl (C=O) groups excluding carboxylic acids is 2. The molecule has 0 amide bonds. The van der Waals surface area contributed by atoms with Crippen molar-refractivity contribution in [3.8, 4) is 0 Å². The molecule has 38 heavy (non-hydrogen) atoms. The van der Waals surface area contributed by atoms with Gasteiger partial charge >= 0.3 is 12.4 Å². The highest BCUT2D eigenvalue weighted by atomic mass is 19.4. The molecular weight excluding hydrogens is 506 g/mol. The van der Waals surface area contributed by atoms with E-state index in [4.69, 9.17) is 0 Å². The van der Waals surface area contributed by atoms with Crippen LogP contribution in [-0.2, 0) is 9.59 Å².